The number of aryl methyl sites for hydroxylation is 7. The van der Waals surface area contributed by atoms with E-state index in [1.54, 1.807) is 0 Å². The Hall–Kier alpha value is -3.58. The molecule has 0 spiro atoms. The second kappa shape index (κ2) is 27.9. The van der Waals surface area contributed by atoms with E-state index in [2.05, 4.69) is 166 Å². The molecule has 0 saturated heterocycles. The van der Waals surface area contributed by atoms with E-state index in [-0.39, 0.29) is 43.5 Å². The SMILES string of the molecule is CC.CCC.Cc1[c-]ccc(C)c1.Cc1[c-]ccc(C)c1.Cc1ccc(C2(C)CC(C)(C)c3ccccc32)cc1.Cc1ccccc1.Cc1ccccc1.[Y]. The van der Waals surface area contributed by atoms with E-state index >= 15 is 0 Å². The van der Waals surface area contributed by atoms with Crippen molar-refractivity contribution in [3.63, 3.8) is 0 Å². The predicted molar refractivity (Wildman–Crippen MR) is 241 cm³/mol. The van der Waals surface area contributed by atoms with Gasteiger partial charge < -0.3 is 0 Å². The van der Waals surface area contributed by atoms with Crippen LogP contribution < -0.4 is 0 Å². The van der Waals surface area contributed by atoms with Gasteiger partial charge in [-0.1, -0.05) is 208 Å². The van der Waals surface area contributed by atoms with Crippen LogP contribution in [0.25, 0.3) is 0 Å². The van der Waals surface area contributed by atoms with Crippen molar-refractivity contribution in [3.8, 4) is 0 Å². The Labute approximate surface area is 364 Å². The molecule has 1 atom stereocenters. The van der Waals surface area contributed by atoms with Gasteiger partial charge in [0.2, 0.25) is 0 Å². The molecule has 0 N–H and O–H groups in total. The molecule has 6 aromatic carbocycles. The number of fused-ring (bicyclic) bond motifs is 1. The van der Waals surface area contributed by atoms with Gasteiger partial charge in [0.25, 0.3) is 0 Å². The minimum Gasteiger partial charge on any atom is -0.181 e. The standard InChI is InChI=1S/C19H22.2C8H9.2C7H8.C3H8.C2H6.Y/c1-14-9-11-15(12-10-14)19(4)13-18(2,3)16-7-5-6-8-17(16)19;2*1-7-4-3-5-8(2)6-7;2*1-7-5-3-2-4-6-7;1-3-2;1-2;/h5-12H,13H2,1-4H3;2*3-4,6H,1-2H3;2*2-6H,1H3;3H2,1-2H3;1-2H3;/q;2*-1;;;;;. The van der Waals surface area contributed by atoms with E-state index in [9.17, 15) is 0 Å². The summed E-state index contributed by atoms with van der Waals surface area (Å²) in [5.74, 6) is 0. The zero-order chi connectivity index (χ0) is 40.6. The van der Waals surface area contributed by atoms with Crippen LogP contribution in [0.15, 0.2) is 146 Å². The van der Waals surface area contributed by atoms with Crippen molar-refractivity contribution in [3.05, 3.63) is 213 Å². The molecular weight excluding hydrogens is 738 g/mol. The van der Waals surface area contributed by atoms with Gasteiger partial charge in [0.05, 0.1) is 0 Å². The van der Waals surface area contributed by atoms with E-state index < -0.39 is 0 Å². The molecule has 0 fully saturated rings. The molecule has 291 valence electrons. The maximum absolute atomic E-state index is 3.07. The summed E-state index contributed by atoms with van der Waals surface area (Å²) in [6.07, 6.45) is 2.43. The Balaban J connectivity index is 0.000000687. The molecule has 1 aliphatic rings. The van der Waals surface area contributed by atoms with Gasteiger partial charge in [-0.05, 0) is 49.3 Å². The van der Waals surface area contributed by atoms with Crippen molar-refractivity contribution in [1.82, 2.24) is 0 Å². The summed E-state index contributed by atoms with van der Waals surface area (Å²) in [5.41, 5.74) is 13.9. The summed E-state index contributed by atoms with van der Waals surface area (Å²) < 4.78 is 0. The van der Waals surface area contributed by atoms with Gasteiger partial charge in [-0.2, -0.15) is 70.8 Å². The van der Waals surface area contributed by atoms with Crippen LogP contribution in [-0.4, -0.2) is 0 Å². The Morgan fingerprint density at radius 1 is 0.455 bits per heavy atom. The van der Waals surface area contributed by atoms with Crippen LogP contribution in [0.2, 0.25) is 0 Å². The maximum Gasteiger partial charge on any atom is 0.0185 e. The van der Waals surface area contributed by atoms with E-state index in [1.165, 1.54) is 68.5 Å². The fourth-order valence-electron chi connectivity index (χ4n) is 6.35. The van der Waals surface area contributed by atoms with Crippen LogP contribution in [0.5, 0.6) is 0 Å². The first-order valence-electron chi connectivity index (χ1n) is 19.8. The third-order valence-corrected chi connectivity index (χ3v) is 8.82. The molecule has 1 unspecified atom stereocenters. The molecule has 0 heterocycles. The Morgan fingerprint density at radius 3 is 1.11 bits per heavy atom. The van der Waals surface area contributed by atoms with Crippen LogP contribution >= 0.6 is 0 Å². The first-order chi connectivity index (χ1) is 25.7. The average Bonchev–Trinajstić information content (AvgIpc) is 3.36. The molecule has 0 bridgehead atoms. The van der Waals surface area contributed by atoms with Gasteiger partial charge in [-0.3, -0.25) is 0 Å². The summed E-state index contributed by atoms with van der Waals surface area (Å²) in [4.78, 5) is 0. The van der Waals surface area contributed by atoms with Crippen molar-refractivity contribution in [2.24, 2.45) is 0 Å². The molecule has 55 heavy (non-hydrogen) atoms. The van der Waals surface area contributed by atoms with E-state index in [1.807, 2.05) is 88.4 Å². The van der Waals surface area contributed by atoms with Gasteiger partial charge in [-0.25, -0.2) is 0 Å². The molecular formula is C54H70Y-2. The fourth-order valence-corrected chi connectivity index (χ4v) is 6.35. The van der Waals surface area contributed by atoms with E-state index in [4.69, 9.17) is 0 Å². The molecule has 1 aliphatic carbocycles. The molecule has 1 heteroatoms. The summed E-state index contributed by atoms with van der Waals surface area (Å²) in [7, 11) is 0. The normalized spacial score (nSPS) is 13.7. The molecule has 6 aromatic rings. The summed E-state index contributed by atoms with van der Waals surface area (Å²) in [6, 6.07) is 56.9. The number of hydrogen-bond donors (Lipinski definition) is 0. The van der Waals surface area contributed by atoms with Crippen LogP contribution in [0.3, 0.4) is 0 Å². The fraction of sp³-hybridized carbons (Fsp3) is 0.333. The number of benzene rings is 6. The van der Waals surface area contributed by atoms with Crippen molar-refractivity contribution in [1.29, 1.82) is 0 Å². The quantitative estimate of drug-likeness (QED) is 0.145. The maximum atomic E-state index is 3.07. The molecule has 0 amide bonds. The number of hydrogen-bond acceptors (Lipinski definition) is 0. The van der Waals surface area contributed by atoms with Crippen molar-refractivity contribution in [2.45, 2.75) is 121 Å². The molecule has 0 aliphatic heterocycles. The van der Waals surface area contributed by atoms with Crippen LogP contribution in [0.1, 0.15) is 117 Å². The molecule has 0 nitrogen and oxygen atoms in total. The molecule has 0 aromatic heterocycles. The van der Waals surface area contributed by atoms with Gasteiger partial charge >= 0.3 is 0 Å². The summed E-state index contributed by atoms with van der Waals surface area (Å²) in [5, 5.41) is 0. The van der Waals surface area contributed by atoms with Gasteiger partial charge in [0.15, 0.2) is 0 Å². The van der Waals surface area contributed by atoms with Crippen molar-refractivity contribution < 1.29 is 32.7 Å². The molecule has 0 saturated carbocycles. The molecule has 7 rings (SSSR count). The van der Waals surface area contributed by atoms with Crippen molar-refractivity contribution >= 4 is 0 Å². The minimum absolute atomic E-state index is 0. The topological polar surface area (TPSA) is 0 Å². The van der Waals surface area contributed by atoms with Gasteiger partial charge in [0, 0.05) is 38.1 Å². The van der Waals surface area contributed by atoms with Crippen LogP contribution in [0, 0.1) is 60.6 Å². The Kier molecular flexibility index (Phi) is 26.1. The number of rotatable bonds is 1. The van der Waals surface area contributed by atoms with Crippen LogP contribution in [-0.2, 0) is 43.5 Å². The predicted octanol–water partition coefficient (Wildman–Crippen LogP) is 15.6. The Morgan fingerprint density at radius 2 is 0.800 bits per heavy atom. The minimum atomic E-state index is 0. The monoisotopic (exact) mass is 807 g/mol. The van der Waals surface area contributed by atoms with Gasteiger partial charge in [-0.15, -0.1) is 0 Å². The first kappa shape index (κ1) is 51.4. The van der Waals surface area contributed by atoms with E-state index in [0.717, 1.165) is 0 Å². The second-order valence-electron chi connectivity index (χ2n) is 14.9. The zero-order valence-electron chi connectivity index (χ0n) is 36.8. The zero-order valence-corrected chi connectivity index (χ0v) is 39.7. The van der Waals surface area contributed by atoms with Gasteiger partial charge in [0.1, 0.15) is 0 Å². The van der Waals surface area contributed by atoms with E-state index in [0.29, 0.717) is 0 Å². The average molecular weight is 808 g/mol. The first-order valence-corrected chi connectivity index (χ1v) is 19.8. The largest absolute Gasteiger partial charge is 0.181 e. The van der Waals surface area contributed by atoms with Crippen LogP contribution in [0.4, 0.5) is 0 Å². The smallest absolute Gasteiger partial charge is 0.0185 e. The third-order valence-electron chi connectivity index (χ3n) is 8.82. The molecule has 1 radical (unpaired) electrons. The summed E-state index contributed by atoms with van der Waals surface area (Å²) in [6.45, 7) is 30.0. The summed E-state index contributed by atoms with van der Waals surface area (Å²) >= 11 is 0. The van der Waals surface area contributed by atoms with Crippen molar-refractivity contribution in [2.75, 3.05) is 0 Å². The third kappa shape index (κ3) is 19.7. The Bertz CT molecular complexity index is 1720. The second-order valence-corrected chi connectivity index (χ2v) is 14.9.